The van der Waals surface area contributed by atoms with Gasteiger partial charge in [0.05, 0.1) is 0 Å². The van der Waals surface area contributed by atoms with Gasteiger partial charge in [0.1, 0.15) is 5.82 Å². The van der Waals surface area contributed by atoms with Gasteiger partial charge in [-0.25, -0.2) is 4.98 Å². The average Bonchev–Trinajstić information content (AvgIpc) is 2.78. The molecule has 0 aromatic carbocycles. The Labute approximate surface area is 106 Å². The molecule has 0 amide bonds. The van der Waals surface area contributed by atoms with Gasteiger partial charge in [0.25, 0.3) is 0 Å². The molecule has 0 aliphatic rings. The third-order valence-electron chi connectivity index (χ3n) is 3.31. The third kappa shape index (κ3) is 5.90. The standard InChI is InChI=1S/C15H28N2/c1-3-5-7-9-11-15-16-12-14-17(15)13-10-8-6-4-2/h12,14H,3-11,13H2,1-2H3. The van der Waals surface area contributed by atoms with Crippen LogP contribution in [-0.2, 0) is 13.0 Å². The van der Waals surface area contributed by atoms with Gasteiger partial charge in [0.15, 0.2) is 0 Å². The Morgan fingerprint density at radius 2 is 1.65 bits per heavy atom. The molecule has 17 heavy (non-hydrogen) atoms. The molecule has 0 saturated carbocycles. The summed E-state index contributed by atoms with van der Waals surface area (Å²) in [5, 5.41) is 0. The van der Waals surface area contributed by atoms with E-state index in [2.05, 4.69) is 29.6 Å². The van der Waals surface area contributed by atoms with Crippen LogP contribution < -0.4 is 0 Å². The van der Waals surface area contributed by atoms with Crippen molar-refractivity contribution in [3.8, 4) is 0 Å². The first kappa shape index (κ1) is 14.3. The highest BCUT2D eigenvalue weighted by Crippen LogP contribution is 2.09. The lowest BCUT2D eigenvalue weighted by molar-refractivity contribution is 0.553. The van der Waals surface area contributed by atoms with Gasteiger partial charge in [0, 0.05) is 25.4 Å². The summed E-state index contributed by atoms with van der Waals surface area (Å²) in [5.74, 6) is 1.29. The number of hydrogen-bond acceptors (Lipinski definition) is 1. The van der Waals surface area contributed by atoms with E-state index >= 15 is 0 Å². The molecule has 1 aromatic rings. The minimum atomic E-state index is 1.15. The summed E-state index contributed by atoms with van der Waals surface area (Å²) in [5.41, 5.74) is 0. The van der Waals surface area contributed by atoms with Crippen LogP contribution in [-0.4, -0.2) is 9.55 Å². The number of imidazole rings is 1. The number of hydrogen-bond donors (Lipinski definition) is 0. The highest BCUT2D eigenvalue weighted by Gasteiger charge is 2.02. The molecule has 0 radical (unpaired) electrons. The maximum Gasteiger partial charge on any atom is 0.108 e. The van der Waals surface area contributed by atoms with E-state index in [1.165, 1.54) is 57.2 Å². The van der Waals surface area contributed by atoms with Gasteiger partial charge < -0.3 is 4.57 Å². The van der Waals surface area contributed by atoms with E-state index in [1.54, 1.807) is 0 Å². The van der Waals surface area contributed by atoms with Crippen LogP contribution in [0.25, 0.3) is 0 Å². The van der Waals surface area contributed by atoms with Gasteiger partial charge >= 0.3 is 0 Å². The van der Waals surface area contributed by atoms with Gasteiger partial charge in [0.2, 0.25) is 0 Å². The molecule has 0 atom stereocenters. The zero-order valence-corrected chi connectivity index (χ0v) is 11.6. The summed E-state index contributed by atoms with van der Waals surface area (Å²) in [4.78, 5) is 4.48. The third-order valence-corrected chi connectivity index (χ3v) is 3.31. The first-order valence-corrected chi connectivity index (χ1v) is 7.38. The largest absolute Gasteiger partial charge is 0.335 e. The van der Waals surface area contributed by atoms with Crippen LogP contribution in [0.1, 0.15) is 71.0 Å². The Morgan fingerprint density at radius 3 is 2.35 bits per heavy atom. The molecule has 0 aliphatic carbocycles. The predicted octanol–water partition coefficient (Wildman–Crippen LogP) is 4.59. The number of rotatable bonds is 10. The van der Waals surface area contributed by atoms with E-state index in [0.717, 1.165) is 13.0 Å². The molecule has 1 heterocycles. The molecule has 0 fully saturated rings. The first-order chi connectivity index (χ1) is 8.38. The molecule has 0 N–H and O–H groups in total. The van der Waals surface area contributed by atoms with Gasteiger partial charge in [-0.1, -0.05) is 52.4 Å². The van der Waals surface area contributed by atoms with Gasteiger partial charge in [-0.2, -0.15) is 0 Å². The fraction of sp³-hybridized carbons (Fsp3) is 0.800. The first-order valence-electron chi connectivity index (χ1n) is 7.38. The lowest BCUT2D eigenvalue weighted by Crippen LogP contribution is -2.03. The van der Waals surface area contributed by atoms with Crippen molar-refractivity contribution in [2.24, 2.45) is 0 Å². The van der Waals surface area contributed by atoms with Crippen molar-refractivity contribution in [1.82, 2.24) is 9.55 Å². The SMILES string of the molecule is CCCCCCc1nccn1CCCCCC. The second-order valence-electron chi connectivity index (χ2n) is 4.91. The number of aromatic nitrogens is 2. The lowest BCUT2D eigenvalue weighted by atomic mass is 10.1. The smallest absolute Gasteiger partial charge is 0.108 e. The van der Waals surface area contributed by atoms with Crippen molar-refractivity contribution >= 4 is 0 Å². The van der Waals surface area contributed by atoms with Crippen molar-refractivity contribution < 1.29 is 0 Å². The minimum Gasteiger partial charge on any atom is -0.335 e. The highest BCUT2D eigenvalue weighted by atomic mass is 15.1. The molecule has 98 valence electrons. The molecule has 0 saturated heterocycles. The molecule has 2 heteroatoms. The molecule has 0 unspecified atom stereocenters. The molecule has 1 aromatic heterocycles. The van der Waals surface area contributed by atoms with Crippen molar-refractivity contribution in [1.29, 1.82) is 0 Å². The van der Waals surface area contributed by atoms with Crippen molar-refractivity contribution in [3.05, 3.63) is 18.2 Å². The van der Waals surface area contributed by atoms with E-state index in [9.17, 15) is 0 Å². The second kappa shape index (κ2) is 9.26. The Morgan fingerprint density at radius 1 is 0.941 bits per heavy atom. The van der Waals surface area contributed by atoms with Crippen LogP contribution >= 0.6 is 0 Å². The Balaban J connectivity index is 2.22. The Bertz CT molecular complexity index is 252. The van der Waals surface area contributed by atoms with Crippen LogP contribution in [0.4, 0.5) is 0 Å². The van der Waals surface area contributed by atoms with Crippen molar-refractivity contribution in [2.45, 2.75) is 78.2 Å². The maximum atomic E-state index is 4.48. The topological polar surface area (TPSA) is 17.8 Å². The van der Waals surface area contributed by atoms with E-state index in [1.807, 2.05) is 6.20 Å². The number of unbranched alkanes of at least 4 members (excludes halogenated alkanes) is 6. The summed E-state index contributed by atoms with van der Waals surface area (Å²) >= 11 is 0. The lowest BCUT2D eigenvalue weighted by Gasteiger charge is -2.07. The van der Waals surface area contributed by atoms with Gasteiger partial charge in [-0.05, 0) is 12.8 Å². The summed E-state index contributed by atoms with van der Waals surface area (Å²) in [6, 6.07) is 0. The zero-order chi connectivity index (χ0) is 12.3. The average molecular weight is 236 g/mol. The molecule has 0 bridgehead atoms. The quantitative estimate of drug-likeness (QED) is 0.543. The van der Waals surface area contributed by atoms with Crippen molar-refractivity contribution in [3.63, 3.8) is 0 Å². The Hall–Kier alpha value is -0.790. The second-order valence-corrected chi connectivity index (χ2v) is 4.91. The molecule has 0 aliphatic heterocycles. The van der Waals surface area contributed by atoms with Crippen LogP contribution in [0.5, 0.6) is 0 Å². The number of aryl methyl sites for hydroxylation is 2. The summed E-state index contributed by atoms with van der Waals surface area (Å²) in [6.07, 6.45) is 15.9. The van der Waals surface area contributed by atoms with Crippen LogP contribution in [0, 0.1) is 0 Å². The van der Waals surface area contributed by atoms with Crippen LogP contribution in [0.15, 0.2) is 12.4 Å². The normalized spacial score (nSPS) is 10.9. The van der Waals surface area contributed by atoms with Gasteiger partial charge in [-0.3, -0.25) is 0 Å². The fourth-order valence-electron chi connectivity index (χ4n) is 2.19. The minimum absolute atomic E-state index is 1.15. The number of nitrogens with zero attached hydrogens (tertiary/aromatic N) is 2. The molecular weight excluding hydrogens is 208 g/mol. The predicted molar refractivity (Wildman–Crippen MR) is 74.2 cm³/mol. The van der Waals surface area contributed by atoms with E-state index in [-0.39, 0.29) is 0 Å². The molecular formula is C15H28N2. The summed E-state index contributed by atoms with van der Waals surface area (Å²) < 4.78 is 2.35. The molecule has 2 nitrogen and oxygen atoms in total. The zero-order valence-electron chi connectivity index (χ0n) is 11.6. The van der Waals surface area contributed by atoms with Crippen LogP contribution in [0.2, 0.25) is 0 Å². The summed E-state index contributed by atoms with van der Waals surface area (Å²) in [7, 11) is 0. The van der Waals surface area contributed by atoms with Gasteiger partial charge in [-0.15, -0.1) is 0 Å². The summed E-state index contributed by atoms with van der Waals surface area (Å²) in [6.45, 7) is 5.67. The van der Waals surface area contributed by atoms with E-state index in [0.29, 0.717) is 0 Å². The monoisotopic (exact) mass is 236 g/mol. The van der Waals surface area contributed by atoms with E-state index in [4.69, 9.17) is 0 Å². The molecule has 0 spiro atoms. The highest BCUT2D eigenvalue weighted by molar-refractivity contribution is 4.92. The Kier molecular flexibility index (Phi) is 7.78. The van der Waals surface area contributed by atoms with E-state index < -0.39 is 0 Å². The fourth-order valence-corrected chi connectivity index (χ4v) is 2.19. The van der Waals surface area contributed by atoms with Crippen LogP contribution in [0.3, 0.4) is 0 Å². The van der Waals surface area contributed by atoms with Crippen molar-refractivity contribution in [2.75, 3.05) is 0 Å². The molecule has 1 rings (SSSR count). The maximum absolute atomic E-state index is 4.48.